The number of rotatable bonds is 5. The second-order valence-electron chi connectivity index (χ2n) is 5.48. The van der Waals surface area contributed by atoms with Gasteiger partial charge in [-0.15, -0.1) is 0 Å². The number of hydrogen-bond acceptors (Lipinski definition) is 5. The third-order valence-corrected chi connectivity index (χ3v) is 3.56. The highest BCUT2D eigenvalue weighted by molar-refractivity contribution is 5.56. The van der Waals surface area contributed by atoms with E-state index < -0.39 is 0 Å². The molecule has 3 heterocycles. The zero-order valence-electron chi connectivity index (χ0n) is 14.6. The molecule has 1 N–H and O–H groups in total. The highest BCUT2D eigenvalue weighted by Gasteiger charge is 2.09. The monoisotopic (exact) mass is 342 g/mol. The highest BCUT2D eigenvalue weighted by Crippen LogP contribution is 2.19. The lowest BCUT2D eigenvalue weighted by Gasteiger charge is -2.11. The molecular weight excluding hydrogens is 320 g/mol. The predicted octanol–water partition coefficient (Wildman–Crippen LogP) is 1.98. The lowest BCUT2D eigenvalue weighted by molar-refractivity contribution is -0.122. The first kappa shape index (κ1) is 18.2. The van der Waals surface area contributed by atoms with E-state index in [1.54, 1.807) is 0 Å². The summed E-state index contributed by atoms with van der Waals surface area (Å²) in [5.74, 6) is 1.84. The van der Waals surface area contributed by atoms with E-state index in [4.69, 9.17) is 9.90 Å². The molecule has 3 aromatic heterocycles. The zero-order chi connectivity index (χ0) is 18.2. The van der Waals surface area contributed by atoms with Crippen molar-refractivity contribution in [2.45, 2.75) is 20.0 Å². The molecule has 0 radical (unpaired) electrons. The van der Waals surface area contributed by atoms with Gasteiger partial charge in [0.2, 0.25) is 0 Å². The fourth-order valence-electron chi connectivity index (χ4n) is 2.32. The van der Waals surface area contributed by atoms with Gasteiger partial charge in [-0.3, -0.25) is 4.79 Å². The van der Waals surface area contributed by atoms with Crippen LogP contribution >= 0.6 is 0 Å². The number of pyridine rings is 1. The maximum atomic E-state index is 8.36. The fraction of sp³-hybridized carbons (Fsp3) is 0.294. The number of carboxylic acid groups (broad SMARTS) is 1. The number of nitrogens with zero attached hydrogens (tertiary/aromatic N) is 6. The topological polar surface area (TPSA) is 89.1 Å². The van der Waals surface area contributed by atoms with Crippen LogP contribution in [0, 0.1) is 0 Å². The molecule has 0 saturated carbocycles. The lowest BCUT2D eigenvalue weighted by Crippen LogP contribution is -2.10. The second kappa shape index (κ2) is 8.62. The molecule has 0 bridgehead atoms. The van der Waals surface area contributed by atoms with Crippen LogP contribution in [0.4, 0.5) is 5.82 Å². The van der Waals surface area contributed by atoms with Gasteiger partial charge in [0.15, 0.2) is 0 Å². The first-order chi connectivity index (χ1) is 12.1. The average Bonchev–Trinajstić information content (AvgIpc) is 3.25. The van der Waals surface area contributed by atoms with Crippen LogP contribution in [0.5, 0.6) is 0 Å². The third kappa shape index (κ3) is 4.66. The molecule has 3 rings (SSSR count). The summed E-state index contributed by atoms with van der Waals surface area (Å²) < 4.78 is 4.16. The molecule has 8 nitrogen and oxygen atoms in total. The Kier molecular flexibility index (Phi) is 6.27. The maximum Gasteiger partial charge on any atom is 0.290 e. The summed E-state index contributed by atoms with van der Waals surface area (Å²) in [4.78, 5) is 23.7. The molecule has 8 heteroatoms. The fourth-order valence-corrected chi connectivity index (χ4v) is 2.32. The molecule has 0 aliphatic heterocycles. The third-order valence-electron chi connectivity index (χ3n) is 3.56. The highest BCUT2D eigenvalue weighted by atomic mass is 16.3. The van der Waals surface area contributed by atoms with Crippen molar-refractivity contribution >= 4 is 12.3 Å². The normalized spacial score (nSPS) is 10.0. The molecule has 0 fully saturated rings. The number of anilines is 1. The molecule has 3 aromatic rings. The minimum Gasteiger partial charge on any atom is -0.483 e. The van der Waals surface area contributed by atoms with E-state index in [1.165, 1.54) is 0 Å². The molecule has 0 atom stereocenters. The summed E-state index contributed by atoms with van der Waals surface area (Å²) in [6, 6.07) is 4.05. The van der Waals surface area contributed by atoms with E-state index in [2.05, 4.69) is 37.2 Å². The minimum atomic E-state index is -0.250. The van der Waals surface area contributed by atoms with Gasteiger partial charge in [0, 0.05) is 51.0 Å². The smallest absolute Gasteiger partial charge is 0.290 e. The van der Waals surface area contributed by atoms with Crippen molar-refractivity contribution in [3.8, 4) is 11.4 Å². The van der Waals surface area contributed by atoms with Crippen molar-refractivity contribution in [1.82, 2.24) is 24.1 Å². The SMILES string of the molecule is CCn1cnc(Cn2ccnc2-c2ccc(N(C)C)nc2)c1.O=CO. The van der Waals surface area contributed by atoms with E-state index in [0.717, 1.165) is 29.4 Å². The summed E-state index contributed by atoms with van der Waals surface area (Å²) in [6.07, 6.45) is 9.57. The van der Waals surface area contributed by atoms with Crippen LogP contribution in [-0.4, -0.2) is 49.8 Å². The number of carbonyl (C=O) groups is 1. The maximum absolute atomic E-state index is 8.36. The van der Waals surface area contributed by atoms with Gasteiger partial charge in [-0.25, -0.2) is 15.0 Å². The van der Waals surface area contributed by atoms with Crippen molar-refractivity contribution in [3.05, 3.63) is 48.9 Å². The number of imidazole rings is 2. The molecular formula is C17H22N6O2. The van der Waals surface area contributed by atoms with Crippen LogP contribution in [-0.2, 0) is 17.9 Å². The Morgan fingerprint density at radius 2 is 2.00 bits per heavy atom. The Balaban J connectivity index is 0.000000701. The Morgan fingerprint density at radius 3 is 2.56 bits per heavy atom. The van der Waals surface area contributed by atoms with Crippen LogP contribution in [0.15, 0.2) is 43.2 Å². The van der Waals surface area contributed by atoms with Gasteiger partial charge in [0.05, 0.1) is 18.6 Å². The van der Waals surface area contributed by atoms with Crippen LogP contribution in [0.25, 0.3) is 11.4 Å². The van der Waals surface area contributed by atoms with Gasteiger partial charge in [-0.1, -0.05) is 0 Å². The first-order valence-corrected chi connectivity index (χ1v) is 7.82. The van der Waals surface area contributed by atoms with Gasteiger partial charge >= 0.3 is 0 Å². The van der Waals surface area contributed by atoms with E-state index >= 15 is 0 Å². The molecule has 0 spiro atoms. The van der Waals surface area contributed by atoms with E-state index in [-0.39, 0.29) is 6.47 Å². The quantitative estimate of drug-likeness (QED) is 0.713. The molecule has 0 amide bonds. The number of hydrogen-bond donors (Lipinski definition) is 1. The van der Waals surface area contributed by atoms with Crippen LogP contribution in [0.3, 0.4) is 0 Å². The van der Waals surface area contributed by atoms with Crippen molar-refractivity contribution in [2.24, 2.45) is 0 Å². The number of aromatic nitrogens is 5. The summed E-state index contributed by atoms with van der Waals surface area (Å²) in [5.41, 5.74) is 2.03. The van der Waals surface area contributed by atoms with Crippen molar-refractivity contribution in [2.75, 3.05) is 19.0 Å². The van der Waals surface area contributed by atoms with Crippen LogP contribution < -0.4 is 4.90 Å². The molecule has 0 aromatic carbocycles. The Bertz CT molecular complexity index is 792. The molecule has 0 saturated heterocycles. The van der Waals surface area contributed by atoms with Gasteiger partial charge in [0.25, 0.3) is 6.47 Å². The molecule has 25 heavy (non-hydrogen) atoms. The van der Waals surface area contributed by atoms with E-state index in [0.29, 0.717) is 6.54 Å². The summed E-state index contributed by atoms with van der Waals surface area (Å²) in [6.45, 7) is 3.49. The molecule has 0 aliphatic rings. The van der Waals surface area contributed by atoms with Crippen molar-refractivity contribution in [3.63, 3.8) is 0 Å². The van der Waals surface area contributed by atoms with Crippen LogP contribution in [0.2, 0.25) is 0 Å². The summed E-state index contributed by atoms with van der Waals surface area (Å²) in [7, 11) is 3.96. The van der Waals surface area contributed by atoms with Crippen molar-refractivity contribution < 1.29 is 9.90 Å². The largest absolute Gasteiger partial charge is 0.483 e. The van der Waals surface area contributed by atoms with Crippen LogP contribution in [0.1, 0.15) is 12.6 Å². The Morgan fingerprint density at radius 1 is 1.24 bits per heavy atom. The first-order valence-electron chi connectivity index (χ1n) is 7.82. The summed E-state index contributed by atoms with van der Waals surface area (Å²) in [5, 5.41) is 6.89. The van der Waals surface area contributed by atoms with Gasteiger partial charge < -0.3 is 19.1 Å². The van der Waals surface area contributed by atoms with Gasteiger partial charge in [-0.05, 0) is 19.1 Å². The van der Waals surface area contributed by atoms with Gasteiger partial charge in [0.1, 0.15) is 11.6 Å². The van der Waals surface area contributed by atoms with E-state index in [1.807, 2.05) is 56.0 Å². The van der Waals surface area contributed by atoms with E-state index in [9.17, 15) is 0 Å². The average molecular weight is 342 g/mol. The molecule has 0 aliphatic carbocycles. The Hall–Kier alpha value is -3.16. The minimum absolute atomic E-state index is 0.250. The lowest BCUT2D eigenvalue weighted by atomic mass is 10.2. The molecule has 132 valence electrons. The zero-order valence-corrected chi connectivity index (χ0v) is 14.6. The Labute approximate surface area is 146 Å². The standard InChI is InChI=1S/C16H20N6.CH2O2/c1-4-21-10-14(19-12-21)11-22-8-7-17-16(22)13-5-6-15(18-9-13)20(2)3;2-1-3/h5-10,12H,4,11H2,1-3H3;1H,(H,2,3). The number of aryl methyl sites for hydroxylation is 1. The van der Waals surface area contributed by atoms with Crippen molar-refractivity contribution in [1.29, 1.82) is 0 Å². The molecule has 0 unspecified atom stereocenters. The summed E-state index contributed by atoms with van der Waals surface area (Å²) >= 11 is 0. The van der Waals surface area contributed by atoms with Gasteiger partial charge in [-0.2, -0.15) is 0 Å². The predicted molar refractivity (Wildman–Crippen MR) is 95.5 cm³/mol. The second-order valence-corrected chi connectivity index (χ2v) is 5.48.